The number of hydrogen-bond donors (Lipinski definition) is 4. The Hall–Kier alpha value is -4.62. The van der Waals surface area contributed by atoms with E-state index in [9.17, 15) is 19.2 Å². The molecule has 3 rings (SSSR count). The van der Waals surface area contributed by atoms with E-state index in [2.05, 4.69) is 9.97 Å². The number of aromatic carboxylic acids is 1. The Morgan fingerprint density at radius 1 is 0.935 bits per heavy atom. The van der Waals surface area contributed by atoms with Crippen molar-refractivity contribution in [3.63, 3.8) is 0 Å². The number of benzene rings is 1. The van der Waals surface area contributed by atoms with E-state index < -0.39 is 49.3 Å². The molecule has 2 heterocycles. The van der Waals surface area contributed by atoms with Gasteiger partial charge >= 0.3 is 23.9 Å². The van der Waals surface area contributed by atoms with E-state index in [-0.39, 0.29) is 34.3 Å². The number of fused-ring (bicyclic) bond motifs is 1. The molecule has 0 bridgehead atoms. The van der Waals surface area contributed by atoms with Gasteiger partial charge in [-0.15, -0.1) is 0 Å². The van der Waals surface area contributed by atoms with Crippen LogP contribution in [0.5, 0.6) is 5.75 Å². The maximum atomic E-state index is 11.2. The number of carboxylic acids is 4. The molecule has 31 heavy (non-hydrogen) atoms. The molecule has 2 aromatic heterocycles. The number of carboxylic acid groups (broad SMARTS) is 4. The molecule has 0 aliphatic carbocycles. The van der Waals surface area contributed by atoms with E-state index in [1.54, 1.807) is 0 Å². The predicted octanol–water partition coefficient (Wildman–Crippen LogP) is 0.620. The Kier molecular flexibility index (Phi) is 5.72. The van der Waals surface area contributed by atoms with Crippen LogP contribution in [-0.4, -0.2) is 74.0 Å². The van der Waals surface area contributed by atoms with E-state index in [0.29, 0.717) is 0 Å². The lowest BCUT2D eigenvalue weighted by Crippen LogP contribution is -2.34. The van der Waals surface area contributed by atoms with Gasteiger partial charge in [-0.25, -0.2) is 19.6 Å². The summed E-state index contributed by atoms with van der Waals surface area (Å²) in [6, 6.07) is 2.44. The Bertz CT molecular complexity index is 1160. The van der Waals surface area contributed by atoms with Gasteiger partial charge in [0.25, 0.3) is 11.8 Å². The van der Waals surface area contributed by atoms with Crippen molar-refractivity contribution in [3.05, 3.63) is 24.1 Å². The minimum absolute atomic E-state index is 0.0310. The van der Waals surface area contributed by atoms with Gasteiger partial charge in [-0.1, -0.05) is 0 Å². The number of oxazole rings is 2. The lowest BCUT2D eigenvalue weighted by atomic mass is 10.2. The Balaban J connectivity index is 2.10. The number of hydrogen-bond acceptors (Lipinski definition) is 10. The third-order valence-corrected chi connectivity index (χ3v) is 3.71. The predicted molar refractivity (Wildman–Crippen MR) is 97.1 cm³/mol. The van der Waals surface area contributed by atoms with Crippen LogP contribution in [0.1, 0.15) is 10.6 Å². The highest BCUT2D eigenvalue weighted by Crippen LogP contribution is 2.35. The smallest absolute Gasteiger partial charge is 0.373 e. The molecule has 0 spiro atoms. The van der Waals surface area contributed by atoms with Crippen LogP contribution in [0.15, 0.2) is 27.2 Å². The fraction of sp³-hybridized carbons (Fsp3) is 0.176. The zero-order chi connectivity index (χ0) is 22.7. The summed E-state index contributed by atoms with van der Waals surface area (Å²) in [6.45, 7) is -2.26. The van der Waals surface area contributed by atoms with E-state index in [0.717, 1.165) is 11.1 Å². The molecule has 0 unspecified atom stereocenters. The molecule has 0 atom stereocenters. The maximum Gasteiger partial charge on any atom is 0.373 e. The minimum Gasteiger partial charge on any atom is -0.480 e. The van der Waals surface area contributed by atoms with E-state index >= 15 is 0 Å². The molecule has 0 aliphatic rings. The molecule has 14 nitrogen and oxygen atoms in total. The standard InChI is InChI=1S/C17H13N3O11/c21-12(22)4-20(5-13(23)24)8-2-9-7(1-10(8)29-6-14(25)26)19-16(30-9)15-18-3-11(31-15)17(27)28/h1-3H,4-6H2,(H,21,22)(H,23,24)(H,25,26)(H,27,28). The molecule has 14 heteroatoms. The zero-order valence-corrected chi connectivity index (χ0v) is 15.3. The van der Waals surface area contributed by atoms with Crippen LogP contribution in [0.4, 0.5) is 5.69 Å². The van der Waals surface area contributed by atoms with Crippen LogP contribution in [-0.2, 0) is 14.4 Å². The van der Waals surface area contributed by atoms with Crippen molar-refractivity contribution in [2.75, 3.05) is 24.6 Å². The van der Waals surface area contributed by atoms with Crippen LogP contribution in [0, 0.1) is 0 Å². The SMILES string of the molecule is O=C(O)COc1cc2nc(-c3ncc(C(=O)O)o3)oc2cc1N(CC(=O)O)CC(=O)O. The lowest BCUT2D eigenvalue weighted by molar-refractivity contribution is -0.140. The largest absolute Gasteiger partial charge is 0.480 e. The molecular weight excluding hydrogens is 422 g/mol. The van der Waals surface area contributed by atoms with Crippen molar-refractivity contribution in [1.82, 2.24) is 9.97 Å². The monoisotopic (exact) mass is 435 g/mol. The quantitative estimate of drug-likeness (QED) is 0.343. The van der Waals surface area contributed by atoms with Gasteiger partial charge in [0.2, 0.25) is 5.76 Å². The van der Waals surface area contributed by atoms with E-state index in [1.807, 2.05) is 0 Å². The second-order valence-corrected chi connectivity index (χ2v) is 5.97. The first-order chi connectivity index (χ1) is 14.6. The summed E-state index contributed by atoms with van der Waals surface area (Å²) in [5.74, 6) is -6.46. The molecule has 1 aromatic carbocycles. The van der Waals surface area contributed by atoms with Crippen molar-refractivity contribution in [1.29, 1.82) is 0 Å². The van der Waals surface area contributed by atoms with Crippen molar-refractivity contribution in [3.8, 4) is 17.5 Å². The number of nitrogens with zero attached hydrogens (tertiary/aromatic N) is 3. The number of carbonyl (C=O) groups is 4. The highest BCUT2D eigenvalue weighted by atomic mass is 16.5. The minimum atomic E-state index is -1.36. The molecule has 0 saturated carbocycles. The van der Waals surface area contributed by atoms with Crippen molar-refractivity contribution >= 4 is 40.7 Å². The van der Waals surface area contributed by atoms with Gasteiger partial charge in [0.05, 0.1) is 11.9 Å². The summed E-state index contributed by atoms with van der Waals surface area (Å²) in [5, 5.41) is 36.0. The second-order valence-electron chi connectivity index (χ2n) is 5.97. The van der Waals surface area contributed by atoms with Crippen molar-refractivity contribution < 1.29 is 53.2 Å². The van der Waals surface area contributed by atoms with Crippen LogP contribution in [0.25, 0.3) is 22.9 Å². The summed E-state index contributed by atoms with van der Waals surface area (Å²) < 4.78 is 15.7. The molecule has 0 radical (unpaired) electrons. The van der Waals surface area contributed by atoms with Gasteiger partial charge in [0.1, 0.15) is 24.4 Å². The topological polar surface area (TPSA) is 214 Å². The Morgan fingerprint density at radius 2 is 1.61 bits per heavy atom. The van der Waals surface area contributed by atoms with Gasteiger partial charge in [-0.05, 0) is 0 Å². The summed E-state index contributed by atoms with van der Waals surface area (Å²) in [6.07, 6.45) is 0.945. The fourth-order valence-electron chi connectivity index (χ4n) is 2.56. The third-order valence-electron chi connectivity index (χ3n) is 3.71. The van der Waals surface area contributed by atoms with Crippen LogP contribution in [0.2, 0.25) is 0 Å². The first-order valence-corrected chi connectivity index (χ1v) is 8.31. The van der Waals surface area contributed by atoms with Crippen LogP contribution in [0.3, 0.4) is 0 Å². The Morgan fingerprint density at radius 3 is 2.16 bits per heavy atom. The third kappa shape index (κ3) is 4.87. The Labute approximate surface area is 170 Å². The second kappa shape index (κ2) is 8.40. The van der Waals surface area contributed by atoms with E-state index in [1.165, 1.54) is 12.1 Å². The van der Waals surface area contributed by atoms with Crippen LogP contribution < -0.4 is 9.64 Å². The number of aliphatic carboxylic acids is 3. The fourth-order valence-corrected chi connectivity index (χ4v) is 2.56. The van der Waals surface area contributed by atoms with E-state index in [4.69, 9.17) is 34.0 Å². The molecule has 162 valence electrons. The van der Waals surface area contributed by atoms with Gasteiger partial charge in [0, 0.05) is 12.1 Å². The molecule has 0 amide bonds. The summed E-state index contributed by atoms with van der Waals surface area (Å²) in [5.41, 5.74) is 0.0724. The molecule has 0 fully saturated rings. The van der Waals surface area contributed by atoms with Gasteiger partial charge in [0.15, 0.2) is 12.2 Å². The maximum absolute atomic E-state index is 11.2. The van der Waals surface area contributed by atoms with Crippen molar-refractivity contribution in [2.24, 2.45) is 0 Å². The average Bonchev–Trinajstić information content (AvgIpc) is 3.30. The zero-order valence-electron chi connectivity index (χ0n) is 15.3. The van der Waals surface area contributed by atoms with Gasteiger partial charge in [-0.3, -0.25) is 9.59 Å². The summed E-state index contributed by atoms with van der Waals surface area (Å²) in [7, 11) is 0. The van der Waals surface area contributed by atoms with Gasteiger partial charge < -0.3 is 38.9 Å². The number of anilines is 1. The number of ether oxygens (including phenoxy) is 1. The number of rotatable bonds is 10. The number of aromatic nitrogens is 2. The van der Waals surface area contributed by atoms with Gasteiger partial charge in [-0.2, -0.15) is 0 Å². The highest BCUT2D eigenvalue weighted by molar-refractivity contribution is 5.88. The first kappa shape index (κ1) is 21.1. The molecule has 4 N–H and O–H groups in total. The van der Waals surface area contributed by atoms with Crippen molar-refractivity contribution in [2.45, 2.75) is 0 Å². The normalized spacial score (nSPS) is 10.7. The average molecular weight is 435 g/mol. The molecule has 0 aliphatic heterocycles. The summed E-state index contributed by atoms with van der Waals surface area (Å²) >= 11 is 0. The van der Waals surface area contributed by atoms with Crippen LogP contribution >= 0.6 is 0 Å². The highest BCUT2D eigenvalue weighted by Gasteiger charge is 2.23. The lowest BCUT2D eigenvalue weighted by Gasteiger charge is -2.23. The summed E-state index contributed by atoms with van der Waals surface area (Å²) in [4.78, 5) is 52.9. The first-order valence-electron chi connectivity index (χ1n) is 8.31. The molecular formula is C17H13N3O11. The molecule has 0 saturated heterocycles. The molecule has 3 aromatic rings.